The Morgan fingerprint density at radius 3 is 2.39 bits per heavy atom. The maximum atomic E-state index is 11.6. The van der Waals surface area contributed by atoms with Crippen molar-refractivity contribution in [3.8, 4) is 0 Å². The highest BCUT2D eigenvalue weighted by atomic mass is 79.9. The van der Waals surface area contributed by atoms with Crippen LogP contribution in [-0.4, -0.2) is 5.24 Å². The number of halogens is 2. The van der Waals surface area contributed by atoms with Gasteiger partial charge in [-0.25, -0.2) is 0 Å². The van der Waals surface area contributed by atoms with Crippen molar-refractivity contribution < 1.29 is 4.79 Å². The number of benzene rings is 3. The van der Waals surface area contributed by atoms with E-state index < -0.39 is 5.24 Å². The highest BCUT2D eigenvalue weighted by molar-refractivity contribution is 9.10. The molecular formula is C15H8BrClO. The number of fused-ring (bicyclic) bond motifs is 3. The van der Waals surface area contributed by atoms with Gasteiger partial charge in [0.05, 0.1) is 5.56 Å². The Hall–Kier alpha value is -1.38. The molecule has 3 aromatic carbocycles. The van der Waals surface area contributed by atoms with E-state index in [4.69, 9.17) is 11.6 Å². The molecule has 0 saturated heterocycles. The average Bonchev–Trinajstić information content (AvgIpc) is 2.37. The van der Waals surface area contributed by atoms with Gasteiger partial charge in [-0.3, -0.25) is 4.79 Å². The number of carbonyl (C=O) groups is 1. The van der Waals surface area contributed by atoms with Crippen molar-refractivity contribution in [3.05, 3.63) is 58.6 Å². The zero-order chi connectivity index (χ0) is 12.7. The molecule has 0 amide bonds. The molecule has 0 aromatic heterocycles. The largest absolute Gasteiger partial charge is 0.276 e. The fourth-order valence-electron chi connectivity index (χ4n) is 2.26. The monoisotopic (exact) mass is 318 g/mol. The molecular weight excluding hydrogens is 312 g/mol. The van der Waals surface area contributed by atoms with Crippen molar-refractivity contribution in [2.75, 3.05) is 0 Å². The highest BCUT2D eigenvalue weighted by Crippen LogP contribution is 2.32. The SMILES string of the molecule is O=C(Cl)c1c(Br)ccc2c1ccc1ccccc12. The quantitative estimate of drug-likeness (QED) is 0.448. The van der Waals surface area contributed by atoms with Gasteiger partial charge in [-0.05, 0) is 55.1 Å². The van der Waals surface area contributed by atoms with E-state index in [9.17, 15) is 4.79 Å². The Labute approximate surface area is 117 Å². The maximum absolute atomic E-state index is 11.6. The van der Waals surface area contributed by atoms with E-state index in [1.54, 1.807) is 0 Å². The summed E-state index contributed by atoms with van der Waals surface area (Å²) in [6.45, 7) is 0. The van der Waals surface area contributed by atoms with E-state index in [2.05, 4.69) is 22.0 Å². The van der Waals surface area contributed by atoms with Crippen LogP contribution in [0.3, 0.4) is 0 Å². The predicted octanol–water partition coefficient (Wildman–Crippen LogP) is 5.13. The lowest BCUT2D eigenvalue weighted by Gasteiger charge is -2.08. The molecule has 88 valence electrons. The third-order valence-corrected chi connectivity index (χ3v) is 3.92. The first-order valence-electron chi connectivity index (χ1n) is 5.48. The standard InChI is InChI=1S/C15H8BrClO/c16-13-8-7-11-10-4-2-1-3-9(10)5-6-12(11)14(13)15(17)18/h1-8H. The van der Waals surface area contributed by atoms with E-state index in [1.165, 1.54) is 0 Å². The predicted molar refractivity (Wildman–Crippen MR) is 79.3 cm³/mol. The molecule has 0 atom stereocenters. The minimum Gasteiger partial charge on any atom is -0.276 e. The molecule has 0 spiro atoms. The minimum absolute atomic E-state index is 0.442. The summed E-state index contributed by atoms with van der Waals surface area (Å²) in [6.07, 6.45) is 0. The van der Waals surface area contributed by atoms with Crippen molar-refractivity contribution in [1.29, 1.82) is 0 Å². The van der Waals surface area contributed by atoms with Gasteiger partial charge in [0.25, 0.3) is 5.24 Å². The van der Waals surface area contributed by atoms with Crippen LogP contribution in [0.2, 0.25) is 0 Å². The van der Waals surface area contributed by atoms with Crippen LogP contribution in [0, 0.1) is 0 Å². The molecule has 3 heteroatoms. The lowest BCUT2D eigenvalue weighted by Crippen LogP contribution is -1.93. The molecule has 0 radical (unpaired) electrons. The van der Waals surface area contributed by atoms with Gasteiger partial charge in [0.1, 0.15) is 0 Å². The van der Waals surface area contributed by atoms with Gasteiger partial charge in [-0.1, -0.05) is 42.5 Å². The molecule has 0 aliphatic rings. The average molecular weight is 320 g/mol. The molecule has 0 heterocycles. The first kappa shape index (κ1) is 11.7. The number of rotatable bonds is 1. The zero-order valence-corrected chi connectivity index (χ0v) is 11.6. The topological polar surface area (TPSA) is 17.1 Å². The van der Waals surface area contributed by atoms with E-state index in [-0.39, 0.29) is 0 Å². The third-order valence-electron chi connectivity index (χ3n) is 3.07. The Bertz CT molecular complexity index is 780. The van der Waals surface area contributed by atoms with Gasteiger partial charge in [0, 0.05) is 4.47 Å². The van der Waals surface area contributed by atoms with Crippen LogP contribution in [0.5, 0.6) is 0 Å². The van der Waals surface area contributed by atoms with Gasteiger partial charge in [-0.15, -0.1) is 0 Å². The molecule has 0 fully saturated rings. The molecule has 0 N–H and O–H groups in total. The van der Waals surface area contributed by atoms with Crippen LogP contribution in [-0.2, 0) is 0 Å². The lowest BCUT2D eigenvalue weighted by molar-refractivity contribution is 0.108. The molecule has 1 nitrogen and oxygen atoms in total. The van der Waals surface area contributed by atoms with E-state index in [0.717, 1.165) is 26.0 Å². The summed E-state index contributed by atoms with van der Waals surface area (Å²) in [5.74, 6) is 0. The second kappa shape index (κ2) is 4.38. The van der Waals surface area contributed by atoms with Gasteiger partial charge < -0.3 is 0 Å². The molecule has 0 unspecified atom stereocenters. The number of carbonyl (C=O) groups excluding carboxylic acids is 1. The van der Waals surface area contributed by atoms with Crippen LogP contribution < -0.4 is 0 Å². The minimum atomic E-state index is -0.442. The van der Waals surface area contributed by atoms with Crippen LogP contribution in [0.15, 0.2) is 53.0 Å². The first-order chi connectivity index (χ1) is 8.68. The molecule has 3 rings (SSSR count). The van der Waals surface area contributed by atoms with Gasteiger partial charge in [0.15, 0.2) is 0 Å². The summed E-state index contributed by atoms with van der Waals surface area (Å²) in [7, 11) is 0. The lowest BCUT2D eigenvalue weighted by atomic mass is 9.99. The van der Waals surface area contributed by atoms with E-state index in [0.29, 0.717) is 5.56 Å². The zero-order valence-electron chi connectivity index (χ0n) is 9.28. The summed E-state index contributed by atoms with van der Waals surface area (Å²) >= 11 is 9.05. The van der Waals surface area contributed by atoms with Crippen molar-refractivity contribution in [2.45, 2.75) is 0 Å². The van der Waals surface area contributed by atoms with Crippen LogP contribution >= 0.6 is 27.5 Å². The smallest absolute Gasteiger partial charge is 0.254 e. The molecule has 0 aliphatic heterocycles. The molecule has 18 heavy (non-hydrogen) atoms. The fraction of sp³-hybridized carbons (Fsp3) is 0. The second-order valence-electron chi connectivity index (χ2n) is 4.08. The Kier molecular flexibility index (Phi) is 2.84. The fourth-order valence-corrected chi connectivity index (χ4v) is 3.10. The Morgan fingerprint density at radius 1 is 0.889 bits per heavy atom. The summed E-state index contributed by atoms with van der Waals surface area (Å²) in [5, 5.41) is 3.76. The van der Waals surface area contributed by atoms with Crippen molar-refractivity contribution in [1.82, 2.24) is 0 Å². The number of hydrogen-bond donors (Lipinski definition) is 0. The summed E-state index contributed by atoms with van der Waals surface area (Å²) < 4.78 is 0.727. The van der Waals surface area contributed by atoms with Crippen molar-refractivity contribution >= 4 is 54.3 Å². The maximum Gasteiger partial charge on any atom is 0.254 e. The molecule has 3 aromatic rings. The van der Waals surface area contributed by atoms with Crippen LogP contribution in [0.25, 0.3) is 21.5 Å². The van der Waals surface area contributed by atoms with Gasteiger partial charge >= 0.3 is 0 Å². The first-order valence-corrected chi connectivity index (χ1v) is 6.65. The van der Waals surface area contributed by atoms with Gasteiger partial charge in [0.2, 0.25) is 0 Å². The summed E-state index contributed by atoms with van der Waals surface area (Å²) in [5.41, 5.74) is 0.528. The Morgan fingerprint density at radius 2 is 1.61 bits per heavy atom. The molecule has 0 bridgehead atoms. The van der Waals surface area contributed by atoms with Gasteiger partial charge in [-0.2, -0.15) is 0 Å². The van der Waals surface area contributed by atoms with Crippen LogP contribution in [0.1, 0.15) is 10.4 Å². The molecule has 0 saturated carbocycles. The van der Waals surface area contributed by atoms with Crippen molar-refractivity contribution in [2.24, 2.45) is 0 Å². The van der Waals surface area contributed by atoms with E-state index in [1.807, 2.05) is 42.5 Å². The Balaban J connectivity index is 2.55. The van der Waals surface area contributed by atoms with E-state index >= 15 is 0 Å². The molecule has 0 aliphatic carbocycles. The van der Waals surface area contributed by atoms with Crippen LogP contribution in [0.4, 0.5) is 0 Å². The normalized spacial score (nSPS) is 11.0. The summed E-state index contributed by atoms with van der Waals surface area (Å²) in [6, 6.07) is 15.9. The third kappa shape index (κ3) is 1.73. The van der Waals surface area contributed by atoms with Crippen molar-refractivity contribution in [3.63, 3.8) is 0 Å². The number of hydrogen-bond acceptors (Lipinski definition) is 1. The summed E-state index contributed by atoms with van der Waals surface area (Å²) in [4.78, 5) is 11.6. The highest BCUT2D eigenvalue weighted by Gasteiger charge is 2.13. The second-order valence-corrected chi connectivity index (χ2v) is 5.28.